The molecule has 4 heterocycles. The van der Waals surface area contributed by atoms with E-state index in [4.69, 9.17) is 0 Å². The van der Waals surface area contributed by atoms with E-state index < -0.39 is 0 Å². The second-order valence-electron chi connectivity index (χ2n) is 7.06. The van der Waals surface area contributed by atoms with Crippen LogP contribution in [-0.4, -0.2) is 63.1 Å². The molecule has 2 aromatic heterocycles. The van der Waals surface area contributed by atoms with Crippen molar-refractivity contribution in [2.75, 3.05) is 26.2 Å². The SMILES string of the molecule is Cc1[nH]nc2ncc(C(=O)N3CCC(N4CCCCC4)CC3)cc12. The van der Waals surface area contributed by atoms with Gasteiger partial charge in [-0.2, -0.15) is 5.10 Å². The van der Waals surface area contributed by atoms with E-state index in [1.165, 1.54) is 32.4 Å². The number of H-pyrrole nitrogens is 1. The topological polar surface area (TPSA) is 65.1 Å². The minimum absolute atomic E-state index is 0.0992. The number of hydrogen-bond donors (Lipinski definition) is 1. The average Bonchev–Trinajstić information content (AvgIpc) is 3.02. The number of nitrogens with zero attached hydrogens (tertiary/aromatic N) is 4. The third-order valence-electron chi connectivity index (χ3n) is 5.51. The average molecular weight is 327 g/mol. The summed E-state index contributed by atoms with van der Waals surface area (Å²) in [5.41, 5.74) is 2.30. The number of piperidine rings is 2. The Morgan fingerprint density at radius 2 is 1.92 bits per heavy atom. The van der Waals surface area contributed by atoms with Crippen LogP contribution in [0.5, 0.6) is 0 Å². The van der Waals surface area contributed by atoms with Crippen molar-refractivity contribution in [3.8, 4) is 0 Å². The highest BCUT2D eigenvalue weighted by atomic mass is 16.2. The Morgan fingerprint density at radius 1 is 1.17 bits per heavy atom. The number of fused-ring (bicyclic) bond motifs is 1. The van der Waals surface area contributed by atoms with Gasteiger partial charge in [0.05, 0.1) is 5.56 Å². The monoisotopic (exact) mass is 327 g/mol. The van der Waals surface area contributed by atoms with Gasteiger partial charge in [0.1, 0.15) is 0 Å². The van der Waals surface area contributed by atoms with Crippen LogP contribution in [0.4, 0.5) is 0 Å². The number of carbonyl (C=O) groups excluding carboxylic acids is 1. The lowest BCUT2D eigenvalue weighted by molar-refractivity contribution is 0.0590. The number of carbonyl (C=O) groups is 1. The summed E-state index contributed by atoms with van der Waals surface area (Å²) < 4.78 is 0. The van der Waals surface area contributed by atoms with Gasteiger partial charge in [0.2, 0.25) is 0 Å². The molecule has 0 bridgehead atoms. The first-order valence-electron chi connectivity index (χ1n) is 9.06. The largest absolute Gasteiger partial charge is 0.338 e. The highest BCUT2D eigenvalue weighted by molar-refractivity contribution is 5.97. The molecule has 128 valence electrons. The Bertz CT molecular complexity index is 726. The Balaban J connectivity index is 1.42. The summed E-state index contributed by atoms with van der Waals surface area (Å²) in [6.07, 6.45) is 7.86. The van der Waals surface area contributed by atoms with Crippen molar-refractivity contribution in [1.29, 1.82) is 0 Å². The zero-order chi connectivity index (χ0) is 16.5. The molecule has 0 radical (unpaired) electrons. The van der Waals surface area contributed by atoms with Gasteiger partial charge < -0.3 is 9.80 Å². The first kappa shape index (κ1) is 15.6. The maximum absolute atomic E-state index is 12.8. The van der Waals surface area contributed by atoms with E-state index in [1.54, 1.807) is 6.20 Å². The van der Waals surface area contributed by atoms with E-state index in [-0.39, 0.29) is 5.91 Å². The van der Waals surface area contributed by atoms with Crippen molar-refractivity contribution in [2.24, 2.45) is 0 Å². The van der Waals surface area contributed by atoms with Crippen molar-refractivity contribution < 1.29 is 4.79 Å². The molecule has 0 atom stereocenters. The number of aromatic amines is 1. The minimum Gasteiger partial charge on any atom is -0.338 e. The number of amides is 1. The molecule has 2 aliphatic rings. The first-order chi connectivity index (χ1) is 11.7. The summed E-state index contributed by atoms with van der Waals surface area (Å²) in [7, 11) is 0. The lowest BCUT2D eigenvalue weighted by atomic mass is 9.99. The van der Waals surface area contributed by atoms with Crippen LogP contribution < -0.4 is 0 Å². The van der Waals surface area contributed by atoms with E-state index in [1.807, 2.05) is 17.9 Å². The predicted octanol–water partition coefficient (Wildman–Crippen LogP) is 2.36. The zero-order valence-electron chi connectivity index (χ0n) is 14.3. The fourth-order valence-electron chi connectivity index (χ4n) is 4.04. The molecule has 2 aromatic rings. The van der Waals surface area contributed by atoms with Crippen LogP contribution in [0.2, 0.25) is 0 Å². The van der Waals surface area contributed by atoms with Crippen LogP contribution in [0.15, 0.2) is 12.3 Å². The highest BCUT2D eigenvalue weighted by Gasteiger charge is 2.28. The zero-order valence-corrected chi connectivity index (χ0v) is 14.3. The number of aromatic nitrogens is 3. The van der Waals surface area contributed by atoms with Crippen LogP contribution in [0, 0.1) is 6.92 Å². The van der Waals surface area contributed by atoms with E-state index in [2.05, 4.69) is 20.1 Å². The van der Waals surface area contributed by atoms with Crippen LogP contribution in [-0.2, 0) is 0 Å². The Morgan fingerprint density at radius 3 is 2.67 bits per heavy atom. The summed E-state index contributed by atoms with van der Waals surface area (Å²) in [4.78, 5) is 21.7. The molecule has 2 fully saturated rings. The quantitative estimate of drug-likeness (QED) is 0.919. The van der Waals surface area contributed by atoms with Crippen molar-refractivity contribution in [3.63, 3.8) is 0 Å². The summed E-state index contributed by atoms with van der Waals surface area (Å²) in [5.74, 6) is 0.0992. The highest BCUT2D eigenvalue weighted by Crippen LogP contribution is 2.22. The molecule has 4 rings (SSSR count). The maximum Gasteiger partial charge on any atom is 0.255 e. The molecule has 0 unspecified atom stereocenters. The third kappa shape index (κ3) is 2.90. The number of pyridine rings is 1. The number of likely N-dealkylation sites (tertiary alicyclic amines) is 2. The molecular weight excluding hydrogens is 302 g/mol. The van der Waals surface area contributed by atoms with Crippen molar-refractivity contribution in [3.05, 3.63) is 23.5 Å². The van der Waals surface area contributed by atoms with Gasteiger partial charge in [-0.15, -0.1) is 0 Å². The molecule has 6 heteroatoms. The lowest BCUT2D eigenvalue weighted by Crippen LogP contribution is -2.48. The van der Waals surface area contributed by atoms with E-state index in [0.29, 0.717) is 17.3 Å². The fraction of sp³-hybridized carbons (Fsp3) is 0.611. The third-order valence-corrected chi connectivity index (χ3v) is 5.51. The summed E-state index contributed by atoms with van der Waals surface area (Å²) in [5, 5.41) is 7.98. The molecule has 0 aliphatic carbocycles. The number of aryl methyl sites for hydroxylation is 1. The fourth-order valence-corrected chi connectivity index (χ4v) is 4.04. The molecule has 0 saturated carbocycles. The normalized spacial score (nSPS) is 20.6. The van der Waals surface area contributed by atoms with Gasteiger partial charge in [-0.05, 0) is 51.8 Å². The molecule has 2 aliphatic heterocycles. The van der Waals surface area contributed by atoms with Gasteiger partial charge in [0.15, 0.2) is 5.65 Å². The maximum atomic E-state index is 12.8. The summed E-state index contributed by atoms with van der Waals surface area (Å²) in [6.45, 7) is 6.12. The number of rotatable bonds is 2. The summed E-state index contributed by atoms with van der Waals surface area (Å²) in [6, 6.07) is 2.58. The molecule has 1 amide bonds. The van der Waals surface area contributed by atoms with Gasteiger partial charge in [-0.25, -0.2) is 4.98 Å². The number of nitrogens with one attached hydrogen (secondary N) is 1. The van der Waals surface area contributed by atoms with E-state index in [9.17, 15) is 4.79 Å². The van der Waals surface area contributed by atoms with Crippen LogP contribution in [0.25, 0.3) is 11.0 Å². The van der Waals surface area contributed by atoms with Gasteiger partial charge in [-0.1, -0.05) is 6.42 Å². The molecular formula is C18H25N5O. The van der Waals surface area contributed by atoms with Crippen LogP contribution in [0.3, 0.4) is 0 Å². The molecule has 24 heavy (non-hydrogen) atoms. The van der Waals surface area contributed by atoms with Crippen LogP contribution >= 0.6 is 0 Å². The smallest absolute Gasteiger partial charge is 0.255 e. The first-order valence-corrected chi connectivity index (χ1v) is 9.06. The Kier molecular flexibility index (Phi) is 4.22. The van der Waals surface area contributed by atoms with Crippen molar-refractivity contribution in [2.45, 2.75) is 45.1 Å². The van der Waals surface area contributed by atoms with Gasteiger partial charge in [0.25, 0.3) is 5.91 Å². The second-order valence-corrected chi connectivity index (χ2v) is 7.06. The molecule has 0 spiro atoms. The summed E-state index contributed by atoms with van der Waals surface area (Å²) >= 11 is 0. The van der Waals surface area contributed by atoms with E-state index >= 15 is 0 Å². The van der Waals surface area contributed by atoms with Gasteiger partial charge in [-0.3, -0.25) is 9.89 Å². The number of hydrogen-bond acceptors (Lipinski definition) is 4. The van der Waals surface area contributed by atoms with Crippen molar-refractivity contribution in [1.82, 2.24) is 25.0 Å². The molecule has 0 aromatic carbocycles. The minimum atomic E-state index is 0.0992. The van der Waals surface area contributed by atoms with Gasteiger partial charge >= 0.3 is 0 Å². The standard InChI is InChI=1S/C18H25N5O/c1-13-16-11-14(12-19-17(16)21-20-13)18(24)23-9-5-15(6-10-23)22-7-3-2-4-8-22/h11-12,15H,2-10H2,1H3,(H,19,20,21). The van der Waals surface area contributed by atoms with Crippen molar-refractivity contribution >= 4 is 16.9 Å². The van der Waals surface area contributed by atoms with E-state index in [0.717, 1.165) is 37.0 Å². The Labute approximate surface area is 142 Å². The molecule has 1 N–H and O–H groups in total. The predicted molar refractivity (Wildman–Crippen MR) is 93.0 cm³/mol. The van der Waals surface area contributed by atoms with Crippen LogP contribution in [0.1, 0.15) is 48.2 Å². The Hall–Kier alpha value is -1.95. The molecule has 6 nitrogen and oxygen atoms in total. The van der Waals surface area contributed by atoms with Gasteiger partial charge in [0, 0.05) is 36.4 Å². The lowest BCUT2D eigenvalue weighted by Gasteiger charge is -2.40. The second kappa shape index (κ2) is 6.51. The molecule has 2 saturated heterocycles.